The van der Waals surface area contributed by atoms with Gasteiger partial charge in [0.2, 0.25) is 0 Å². The summed E-state index contributed by atoms with van der Waals surface area (Å²) in [5.74, 6) is -2.00. The predicted molar refractivity (Wildman–Crippen MR) is 95.2 cm³/mol. The van der Waals surface area contributed by atoms with Crippen LogP contribution in [0.25, 0.3) is 0 Å². The monoisotopic (exact) mass is 395 g/mol. The normalized spacial score (nSPS) is 19.5. The number of benzene rings is 1. The molecule has 1 atom stereocenters. The van der Waals surface area contributed by atoms with Crippen LogP contribution < -0.4 is 9.64 Å². The van der Waals surface area contributed by atoms with Crippen molar-refractivity contribution < 1.29 is 37.7 Å². The molecule has 2 aliphatic heterocycles. The third kappa shape index (κ3) is 4.26. The maximum Gasteiger partial charge on any atom is 0.355 e. The molecule has 9 heteroatoms. The summed E-state index contributed by atoms with van der Waals surface area (Å²) >= 11 is 0. The first-order chi connectivity index (χ1) is 13.5. The molecule has 1 unspecified atom stereocenters. The van der Waals surface area contributed by atoms with Crippen LogP contribution in [0.4, 0.5) is 10.1 Å². The molecule has 3 rings (SSSR count). The standard InChI is InChI=1S/C19H22FNO7/c1-24-18(22)14-10-26-11-21(17(14)19(23)25-2)12-5-6-16(15(20)8-12)28-9-13-4-3-7-27-13/h5-6,8,13H,3-4,7,9-11H2,1-2H3. The van der Waals surface area contributed by atoms with Gasteiger partial charge in [0.25, 0.3) is 0 Å². The minimum absolute atomic E-state index is 0.000262. The van der Waals surface area contributed by atoms with Gasteiger partial charge >= 0.3 is 11.9 Å². The van der Waals surface area contributed by atoms with Crippen molar-refractivity contribution in [3.63, 3.8) is 0 Å². The van der Waals surface area contributed by atoms with Gasteiger partial charge in [-0.1, -0.05) is 0 Å². The molecule has 2 aliphatic rings. The van der Waals surface area contributed by atoms with Crippen LogP contribution in [0.15, 0.2) is 29.5 Å². The molecule has 28 heavy (non-hydrogen) atoms. The Bertz CT molecular complexity index is 774. The molecule has 2 heterocycles. The van der Waals surface area contributed by atoms with E-state index in [2.05, 4.69) is 0 Å². The summed E-state index contributed by atoms with van der Waals surface area (Å²) in [5, 5.41) is 0. The first kappa shape index (κ1) is 20.1. The Hall–Kier alpha value is -2.65. The quantitative estimate of drug-likeness (QED) is 0.674. The molecule has 0 aromatic heterocycles. The fourth-order valence-electron chi connectivity index (χ4n) is 3.08. The average molecular weight is 395 g/mol. The van der Waals surface area contributed by atoms with Crippen molar-refractivity contribution in [3.05, 3.63) is 35.3 Å². The number of nitrogens with zero attached hydrogens (tertiary/aromatic N) is 1. The van der Waals surface area contributed by atoms with Gasteiger partial charge in [0, 0.05) is 18.4 Å². The number of methoxy groups -OCH3 is 2. The minimum atomic E-state index is -0.747. The maximum atomic E-state index is 14.6. The Morgan fingerprint density at radius 3 is 2.68 bits per heavy atom. The largest absolute Gasteiger partial charge is 0.488 e. The minimum Gasteiger partial charge on any atom is -0.488 e. The molecule has 1 fully saturated rings. The van der Waals surface area contributed by atoms with Crippen LogP contribution in [0.3, 0.4) is 0 Å². The molecule has 0 spiro atoms. The number of halogens is 1. The number of esters is 2. The molecule has 0 N–H and O–H groups in total. The zero-order valence-electron chi connectivity index (χ0n) is 15.7. The molecule has 0 saturated carbocycles. The third-order valence-electron chi connectivity index (χ3n) is 4.51. The van der Waals surface area contributed by atoms with Crippen molar-refractivity contribution in [3.8, 4) is 5.75 Å². The van der Waals surface area contributed by atoms with Crippen molar-refractivity contribution in [1.29, 1.82) is 0 Å². The lowest BCUT2D eigenvalue weighted by atomic mass is 10.1. The first-order valence-corrected chi connectivity index (χ1v) is 8.84. The second-order valence-corrected chi connectivity index (χ2v) is 6.28. The molecule has 0 bridgehead atoms. The topological polar surface area (TPSA) is 83.5 Å². The van der Waals surface area contributed by atoms with Crippen LogP contribution in [0.5, 0.6) is 5.75 Å². The lowest BCUT2D eigenvalue weighted by Crippen LogP contribution is -2.38. The molecule has 0 aliphatic carbocycles. The molecule has 152 valence electrons. The van der Waals surface area contributed by atoms with E-state index in [1.165, 1.54) is 31.3 Å². The van der Waals surface area contributed by atoms with Crippen molar-refractivity contribution in [2.24, 2.45) is 0 Å². The second kappa shape index (κ2) is 9.03. The fourth-order valence-corrected chi connectivity index (χ4v) is 3.08. The Morgan fingerprint density at radius 1 is 1.25 bits per heavy atom. The number of hydrogen-bond donors (Lipinski definition) is 0. The molecule has 1 saturated heterocycles. The molecular formula is C19H22FNO7. The van der Waals surface area contributed by atoms with Gasteiger partial charge in [0.15, 0.2) is 11.6 Å². The first-order valence-electron chi connectivity index (χ1n) is 8.84. The van der Waals surface area contributed by atoms with Crippen LogP contribution in [-0.4, -0.2) is 58.8 Å². The lowest BCUT2D eigenvalue weighted by molar-refractivity contribution is -0.140. The van der Waals surface area contributed by atoms with E-state index in [0.717, 1.165) is 12.8 Å². The third-order valence-corrected chi connectivity index (χ3v) is 4.51. The van der Waals surface area contributed by atoms with Gasteiger partial charge < -0.3 is 28.6 Å². The number of ether oxygens (including phenoxy) is 5. The van der Waals surface area contributed by atoms with Crippen LogP contribution in [0.2, 0.25) is 0 Å². The van der Waals surface area contributed by atoms with Crippen molar-refractivity contribution >= 4 is 17.6 Å². The Labute approximate surface area is 161 Å². The molecule has 8 nitrogen and oxygen atoms in total. The number of carbonyl (C=O) groups excluding carboxylic acids is 2. The summed E-state index contributed by atoms with van der Waals surface area (Å²) < 4.78 is 40.4. The van der Waals surface area contributed by atoms with Gasteiger partial charge in [-0.25, -0.2) is 14.0 Å². The van der Waals surface area contributed by atoms with Gasteiger partial charge in [-0.15, -0.1) is 0 Å². The Kier molecular flexibility index (Phi) is 6.48. The van der Waals surface area contributed by atoms with Crippen molar-refractivity contribution in [1.82, 2.24) is 0 Å². The van der Waals surface area contributed by atoms with E-state index in [-0.39, 0.29) is 43.1 Å². The fraction of sp³-hybridized carbons (Fsp3) is 0.474. The van der Waals surface area contributed by atoms with E-state index in [1.807, 2.05) is 0 Å². The molecular weight excluding hydrogens is 373 g/mol. The summed E-state index contributed by atoms with van der Waals surface area (Å²) in [6, 6.07) is 4.23. The highest BCUT2D eigenvalue weighted by molar-refractivity contribution is 6.03. The zero-order valence-corrected chi connectivity index (χ0v) is 15.7. The summed E-state index contributed by atoms with van der Waals surface area (Å²) in [5.41, 5.74) is 0.260. The number of anilines is 1. The number of carbonyl (C=O) groups is 2. The highest BCUT2D eigenvalue weighted by Gasteiger charge is 2.32. The predicted octanol–water partition coefficient (Wildman–Crippen LogP) is 1.78. The highest BCUT2D eigenvalue weighted by atomic mass is 19.1. The van der Waals surface area contributed by atoms with E-state index in [1.54, 1.807) is 6.07 Å². The van der Waals surface area contributed by atoms with E-state index >= 15 is 0 Å². The average Bonchev–Trinajstić information content (AvgIpc) is 3.24. The maximum absolute atomic E-state index is 14.6. The number of hydrogen-bond acceptors (Lipinski definition) is 8. The van der Waals surface area contributed by atoms with Gasteiger partial charge in [-0.3, -0.25) is 0 Å². The summed E-state index contributed by atoms with van der Waals surface area (Å²) in [6.45, 7) is 0.789. The second-order valence-electron chi connectivity index (χ2n) is 6.28. The van der Waals surface area contributed by atoms with E-state index in [9.17, 15) is 14.0 Å². The van der Waals surface area contributed by atoms with Crippen molar-refractivity contribution in [2.45, 2.75) is 18.9 Å². The molecule has 0 amide bonds. The van der Waals surface area contributed by atoms with Gasteiger partial charge in [0.05, 0.1) is 32.5 Å². The van der Waals surface area contributed by atoms with E-state index in [0.29, 0.717) is 12.3 Å². The molecule has 0 radical (unpaired) electrons. The van der Waals surface area contributed by atoms with Crippen LogP contribution >= 0.6 is 0 Å². The van der Waals surface area contributed by atoms with Crippen LogP contribution in [-0.2, 0) is 28.5 Å². The molecule has 1 aromatic carbocycles. The molecule has 1 aromatic rings. The van der Waals surface area contributed by atoms with Crippen LogP contribution in [0, 0.1) is 5.82 Å². The van der Waals surface area contributed by atoms with Gasteiger partial charge in [0.1, 0.15) is 19.0 Å². The van der Waals surface area contributed by atoms with Gasteiger partial charge in [-0.2, -0.15) is 0 Å². The Balaban J connectivity index is 1.85. The zero-order chi connectivity index (χ0) is 20.1. The summed E-state index contributed by atoms with van der Waals surface area (Å²) in [7, 11) is 2.39. The van der Waals surface area contributed by atoms with E-state index < -0.39 is 17.8 Å². The summed E-state index contributed by atoms with van der Waals surface area (Å²) in [6.07, 6.45) is 1.82. The van der Waals surface area contributed by atoms with E-state index in [4.69, 9.17) is 23.7 Å². The number of rotatable bonds is 6. The highest BCUT2D eigenvalue weighted by Crippen LogP contribution is 2.30. The van der Waals surface area contributed by atoms with Crippen molar-refractivity contribution in [2.75, 3.05) is 45.7 Å². The van der Waals surface area contributed by atoms with Gasteiger partial charge in [-0.05, 0) is 25.0 Å². The Morgan fingerprint density at radius 2 is 2.04 bits per heavy atom. The summed E-state index contributed by atoms with van der Waals surface area (Å²) in [4.78, 5) is 25.6. The van der Waals surface area contributed by atoms with Crippen LogP contribution in [0.1, 0.15) is 12.8 Å². The lowest BCUT2D eigenvalue weighted by Gasteiger charge is -2.31. The SMILES string of the molecule is COC(=O)C1=C(C(=O)OC)N(c2ccc(OCC3CCCO3)c(F)c2)COC1. The smallest absolute Gasteiger partial charge is 0.355 e.